The molecule has 0 aliphatic heterocycles. The van der Waals surface area contributed by atoms with Gasteiger partial charge in [-0.1, -0.05) is 37.3 Å². The molecule has 0 fully saturated rings. The third-order valence-electron chi connectivity index (χ3n) is 1.82. The van der Waals surface area contributed by atoms with Crippen LogP contribution in [0.3, 0.4) is 0 Å². The molecule has 0 rings (SSSR count). The van der Waals surface area contributed by atoms with E-state index in [9.17, 15) is 4.79 Å². The van der Waals surface area contributed by atoms with Gasteiger partial charge in [0, 0.05) is 5.57 Å². The number of allylic oxidation sites excluding steroid dienone is 6. The minimum absolute atomic E-state index is 0.0694. The van der Waals surface area contributed by atoms with Crippen LogP contribution in [0.5, 0.6) is 0 Å². The van der Waals surface area contributed by atoms with Gasteiger partial charge in [0.15, 0.2) is 5.78 Å². The fourth-order valence-corrected chi connectivity index (χ4v) is 0.880. The summed E-state index contributed by atoms with van der Waals surface area (Å²) in [6.07, 6.45) is 9.02. The minimum atomic E-state index is 0.0694. The number of ketones is 1. The van der Waals surface area contributed by atoms with Crippen LogP contribution >= 0.6 is 0 Å². The highest BCUT2D eigenvalue weighted by Gasteiger charge is 1.98. The van der Waals surface area contributed by atoms with Crippen molar-refractivity contribution in [1.82, 2.24) is 0 Å². The number of hydrogen-bond acceptors (Lipinski definition) is 1. The first-order valence-corrected chi connectivity index (χ1v) is 4.79. The second kappa shape index (κ2) is 7.07. The van der Waals surface area contributed by atoms with Crippen molar-refractivity contribution in [3.63, 3.8) is 0 Å². The van der Waals surface area contributed by atoms with Crippen LogP contribution in [0.4, 0.5) is 0 Å². The van der Waals surface area contributed by atoms with Crippen LogP contribution in [-0.4, -0.2) is 5.78 Å². The maximum absolute atomic E-state index is 11.2. The predicted molar refractivity (Wildman–Crippen MR) is 62.1 cm³/mol. The van der Waals surface area contributed by atoms with Crippen molar-refractivity contribution in [2.24, 2.45) is 0 Å². The van der Waals surface area contributed by atoms with Gasteiger partial charge >= 0.3 is 0 Å². The molecule has 0 atom stereocenters. The van der Waals surface area contributed by atoms with Crippen molar-refractivity contribution >= 4 is 5.78 Å². The predicted octanol–water partition coefficient (Wildman–Crippen LogP) is 3.60. The van der Waals surface area contributed by atoms with Gasteiger partial charge in [-0.3, -0.25) is 4.79 Å². The molecular weight excluding hydrogens is 172 g/mol. The molecule has 0 radical (unpaired) electrons. The van der Waals surface area contributed by atoms with Gasteiger partial charge in [0.2, 0.25) is 0 Å². The Morgan fingerprint density at radius 2 is 2.07 bits per heavy atom. The summed E-state index contributed by atoms with van der Waals surface area (Å²) in [5.74, 6) is 0.0694. The lowest BCUT2D eigenvalue weighted by Gasteiger charge is -1.97. The first-order chi connectivity index (χ1) is 6.61. The van der Waals surface area contributed by atoms with E-state index in [0.717, 1.165) is 18.4 Å². The Morgan fingerprint density at radius 3 is 2.50 bits per heavy atom. The topological polar surface area (TPSA) is 17.1 Å². The highest BCUT2D eigenvalue weighted by molar-refractivity contribution is 5.96. The molecule has 0 aromatic heterocycles. The second-order valence-electron chi connectivity index (χ2n) is 3.09. The van der Waals surface area contributed by atoms with E-state index >= 15 is 0 Å². The summed E-state index contributed by atoms with van der Waals surface area (Å²) in [5.41, 5.74) is 1.68. The number of carbonyl (C=O) groups excluding carboxylic acids is 1. The van der Waals surface area contributed by atoms with Crippen molar-refractivity contribution in [2.75, 3.05) is 0 Å². The van der Waals surface area contributed by atoms with E-state index < -0.39 is 0 Å². The molecule has 0 heterocycles. The van der Waals surface area contributed by atoms with Gasteiger partial charge < -0.3 is 0 Å². The van der Waals surface area contributed by atoms with Crippen LogP contribution in [0.15, 0.2) is 48.6 Å². The maximum Gasteiger partial charge on any atom is 0.159 e. The van der Waals surface area contributed by atoms with Gasteiger partial charge in [-0.15, -0.1) is 6.58 Å². The molecule has 0 spiro atoms. The van der Waals surface area contributed by atoms with Crippen molar-refractivity contribution < 1.29 is 4.79 Å². The summed E-state index contributed by atoms with van der Waals surface area (Å²) in [5, 5.41) is 0. The molecule has 14 heavy (non-hydrogen) atoms. The number of carbonyl (C=O) groups is 1. The van der Waals surface area contributed by atoms with E-state index in [1.807, 2.05) is 25.2 Å². The molecule has 0 saturated carbocycles. The lowest BCUT2D eigenvalue weighted by Crippen LogP contribution is -1.93. The zero-order valence-corrected chi connectivity index (χ0v) is 9.05. The van der Waals surface area contributed by atoms with E-state index in [1.54, 1.807) is 13.0 Å². The fourth-order valence-electron chi connectivity index (χ4n) is 0.880. The van der Waals surface area contributed by atoms with E-state index in [4.69, 9.17) is 0 Å². The lowest BCUT2D eigenvalue weighted by molar-refractivity contribution is -0.113. The molecule has 0 aliphatic rings. The van der Waals surface area contributed by atoms with Gasteiger partial charge in [0.25, 0.3) is 0 Å². The SMILES string of the molecule is C=CCC=CC(=CC(=C)CC)C(C)=O. The number of Topliss-reactive ketones (excluding diaryl/α,β-unsaturated/α-hetero) is 1. The normalized spacial score (nSPS) is 11.7. The van der Waals surface area contributed by atoms with Crippen LogP contribution in [0.2, 0.25) is 0 Å². The van der Waals surface area contributed by atoms with Crippen LogP contribution in [0, 0.1) is 0 Å². The maximum atomic E-state index is 11.2. The van der Waals surface area contributed by atoms with Gasteiger partial charge in [-0.2, -0.15) is 0 Å². The standard InChI is InChI=1S/C13H18O/c1-5-7-8-9-13(12(4)14)10-11(3)6-2/h5,8-10H,1,3,6-7H2,2,4H3. The molecule has 0 amide bonds. The Kier molecular flexibility index (Phi) is 6.38. The summed E-state index contributed by atoms with van der Waals surface area (Å²) in [7, 11) is 0. The highest BCUT2D eigenvalue weighted by atomic mass is 16.1. The Bertz CT molecular complexity index is 280. The third-order valence-corrected chi connectivity index (χ3v) is 1.82. The van der Waals surface area contributed by atoms with E-state index in [-0.39, 0.29) is 5.78 Å². The van der Waals surface area contributed by atoms with Crippen LogP contribution in [0.1, 0.15) is 26.7 Å². The first kappa shape index (κ1) is 12.6. The summed E-state index contributed by atoms with van der Waals surface area (Å²) in [6, 6.07) is 0. The highest BCUT2D eigenvalue weighted by Crippen LogP contribution is 2.07. The van der Waals surface area contributed by atoms with Crippen LogP contribution in [-0.2, 0) is 4.79 Å². The molecule has 0 saturated heterocycles. The molecule has 0 aromatic carbocycles. The zero-order valence-electron chi connectivity index (χ0n) is 9.05. The number of rotatable bonds is 6. The molecule has 0 unspecified atom stereocenters. The molecular formula is C13H18O. The Morgan fingerprint density at radius 1 is 1.43 bits per heavy atom. The van der Waals surface area contributed by atoms with Crippen molar-refractivity contribution in [1.29, 1.82) is 0 Å². The molecule has 0 aromatic rings. The average Bonchev–Trinajstić information content (AvgIpc) is 2.16. The van der Waals surface area contributed by atoms with Crippen LogP contribution < -0.4 is 0 Å². The monoisotopic (exact) mass is 190 g/mol. The van der Waals surface area contributed by atoms with Gasteiger partial charge in [0.1, 0.15) is 0 Å². The Labute approximate surface area is 86.5 Å². The summed E-state index contributed by atoms with van der Waals surface area (Å²) in [6.45, 7) is 11.0. The smallest absolute Gasteiger partial charge is 0.159 e. The largest absolute Gasteiger partial charge is 0.295 e. The molecule has 1 heteroatoms. The first-order valence-electron chi connectivity index (χ1n) is 4.79. The molecule has 0 N–H and O–H groups in total. The fraction of sp³-hybridized carbons (Fsp3) is 0.308. The summed E-state index contributed by atoms with van der Waals surface area (Å²) < 4.78 is 0. The third kappa shape index (κ3) is 5.31. The average molecular weight is 190 g/mol. The molecule has 0 aliphatic carbocycles. The van der Waals surface area contributed by atoms with E-state index in [0.29, 0.717) is 5.57 Å². The molecule has 1 nitrogen and oxygen atoms in total. The Balaban J connectivity index is 4.60. The summed E-state index contributed by atoms with van der Waals surface area (Å²) in [4.78, 5) is 11.2. The Hall–Kier alpha value is -1.37. The molecule has 0 bridgehead atoms. The van der Waals surface area contributed by atoms with Gasteiger partial charge in [-0.05, 0) is 25.8 Å². The van der Waals surface area contributed by atoms with Gasteiger partial charge in [-0.25, -0.2) is 0 Å². The van der Waals surface area contributed by atoms with Gasteiger partial charge in [0.05, 0.1) is 0 Å². The lowest BCUT2D eigenvalue weighted by atomic mass is 10.1. The second-order valence-corrected chi connectivity index (χ2v) is 3.09. The van der Waals surface area contributed by atoms with Crippen molar-refractivity contribution in [2.45, 2.75) is 26.7 Å². The van der Waals surface area contributed by atoms with Crippen LogP contribution in [0.25, 0.3) is 0 Å². The van der Waals surface area contributed by atoms with Crippen molar-refractivity contribution in [3.8, 4) is 0 Å². The molecule has 76 valence electrons. The van der Waals surface area contributed by atoms with E-state index in [1.165, 1.54) is 0 Å². The van der Waals surface area contributed by atoms with Crippen molar-refractivity contribution in [3.05, 3.63) is 48.6 Å². The quantitative estimate of drug-likeness (QED) is 0.355. The van der Waals surface area contributed by atoms with E-state index in [2.05, 4.69) is 13.2 Å². The number of hydrogen-bond donors (Lipinski definition) is 0. The minimum Gasteiger partial charge on any atom is -0.295 e. The summed E-state index contributed by atoms with van der Waals surface area (Å²) >= 11 is 0. The zero-order chi connectivity index (χ0) is 11.0.